The standard InChI is InChI=1S/C27H26N2O/c1-2-24-18-25(27(30)28-19-21-12-6-3-7-13-21)26(23-16-10-5-11-17-23)29(24)20-22-14-8-4-9-15-22/h3-18H,2,19-20H2,1H3,(H,28,30). The molecule has 0 unspecified atom stereocenters. The van der Waals surface area contributed by atoms with Gasteiger partial charge in [0, 0.05) is 18.8 Å². The lowest BCUT2D eigenvalue weighted by Crippen LogP contribution is -2.23. The molecule has 0 radical (unpaired) electrons. The number of nitrogens with one attached hydrogen (secondary N) is 1. The summed E-state index contributed by atoms with van der Waals surface area (Å²) in [5.41, 5.74) is 6.22. The molecule has 0 spiro atoms. The van der Waals surface area contributed by atoms with E-state index in [4.69, 9.17) is 0 Å². The number of carbonyl (C=O) groups is 1. The molecule has 0 atom stereocenters. The van der Waals surface area contributed by atoms with Crippen LogP contribution in [-0.2, 0) is 19.5 Å². The first kappa shape index (κ1) is 19.7. The Kier molecular flexibility index (Phi) is 6.09. The van der Waals surface area contributed by atoms with Crippen LogP contribution in [0.15, 0.2) is 97.1 Å². The maximum absolute atomic E-state index is 13.2. The molecule has 0 bridgehead atoms. The first-order valence-corrected chi connectivity index (χ1v) is 10.4. The van der Waals surface area contributed by atoms with Crippen molar-refractivity contribution in [1.29, 1.82) is 0 Å². The second-order valence-electron chi connectivity index (χ2n) is 7.36. The molecule has 0 fully saturated rings. The van der Waals surface area contributed by atoms with Crippen molar-refractivity contribution < 1.29 is 4.79 Å². The van der Waals surface area contributed by atoms with Crippen molar-refractivity contribution in [2.24, 2.45) is 0 Å². The Bertz CT molecular complexity index is 1100. The maximum Gasteiger partial charge on any atom is 0.253 e. The molecule has 1 heterocycles. The molecule has 1 amide bonds. The Morgan fingerprint density at radius 3 is 1.97 bits per heavy atom. The fourth-order valence-electron chi connectivity index (χ4n) is 3.80. The van der Waals surface area contributed by atoms with Crippen LogP contribution in [0, 0.1) is 0 Å². The first-order chi connectivity index (χ1) is 14.8. The Hall–Kier alpha value is -3.59. The van der Waals surface area contributed by atoms with Crippen molar-refractivity contribution in [1.82, 2.24) is 9.88 Å². The third kappa shape index (κ3) is 4.36. The SMILES string of the molecule is CCc1cc(C(=O)NCc2ccccc2)c(-c2ccccc2)n1Cc1ccccc1. The second kappa shape index (κ2) is 9.27. The number of hydrogen-bond acceptors (Lipinski definition) is 1. The molecule has 0 aliphatic carbocycles. The predicted octanol–water partition coefficient (Wildman–Crippen LogP) is 5.70. The van der Waals surface area contributed by atoms with Gasteiger partial charge in [-0.05, 0) is 29.2 Å². The molecule has 3 heteroatoms. The Balaban J connectivity index is 1.73. The van der Waals surface area contributed by atoms with Crippen LogP contribution in [0.4, 0.5) is 0 Å². The summed E-state index contributed by atoms with van der Waals surface area (Å²) in [6, 6.07) is 32.6. The van der Waals surface area contributed by atoms with Crippen LogP contribution in [0.25, 0.3) is 11.3 Å². The van der Waals surface area contributed by atoms with Gasteiger partial charge < -0.3 is 9.88 Å². The predicted molar refractivity (Wildman–Crippen MR) is 122 cm³/mol. The molecule has 3 nitrogen and oxygen atoms in total. The first-order valence-electron chi connectivity index (χ1n) is 10.4. The Morgan fingerprint density at radius 1 is 0.800 bits per heavy atom. The normalized spacial score (nSPS) is 10.7. The highest BCUT2D eigenvalue weighted by Gasteiger charge is 2.21. The lowest BCUT2D eigenvalue weighted by atomic mass is 10.1. The zero-order valence-electron chi connectivity index (χ0n) is 17.2. The average Bonchev–Trinajstić information content (AvgIpc) is 3.17. The van der Waals surface area contributed by atoms with Gasteiger partial charge in [-0.2, -0.15) is 0 Å². The van der Waals surface area contributed by atoms with E-state index in [0.29, 0.717) is 6.54 Å². The van der Waals surface area contributed by atoms with Crippen LogP contribution in [-0.4, -0.2) is 10.5 Å². The zero-order chi connectivity index (χ0) is 20.8. The Morgan fingerprint density at radius 2 is 1.37 bits per heavy atom. The van der Waals surface area contributed by atoms with Crippen molar-refractivity contribution in [2.45, 2.75) is 26.4 Å². The van der Waals surface area contributed by atoms with Crippen molar-refractivity contribution in [3.05, 3.63) is 119 Å². The largest absolute Gasteiger partial charge is 0.348 e. The summed E-state index contributed by atoms with van der Waals surface area (Å²) >= 11 is 0. The summed E-state index contributed by atoms with van der Waals surface area (Å²) in [5, 5.41) is 3.10. The number of hydrogen-bond donors (Lipinski definition) is 1. The van der Waals surface area contributed by atoms with Crippen molar-refractivity contribution in [2.75, 3.05) is 0 Å². The molecule has 0 aliphatic rings. The third-order valence-corrected chi connectivity index (χ3v) is 5.32. The lowest BCUT2D eigenvalue weighted by Gasteiger charge is -2.15. The van der Waals surface area contributed by atoms with Crippen LogP contribution >= 0.6 is 0 Å². The molecule has 150 valence electrons. The monoisotopic (exact) mass is 394 g/mol. The highest BCUT2D eigenvalue weighted by atomic mass is 16.1. The van der Waals surface area contributed by atoms with Gasteiger partial charge in [0.15, 0.2) is 0 Å². The molecule has 0 saturated heterocycles. The van der Waals surface area contributed by atoms with Crippen molar-refractivity contribution in [3.63, 3.8) is 0 Å². The minimum absolute atomic E-state index is 0.0424. The molecular formula is C27H26N2O. The number of nitrogens with zero attached hydrogens (tertiary/aromatic N) is 1. The molecular weight excluding hydrogens is 368 g/mol. The molecule has 0 aliphatic heterocycles. The van der Waals surface area contributed by atoms with E-state index in [-0.39, 0.29) is 5.91 Å². The summed E-state index contributed by atoms with van der Waals surface area (Å²) in [6.45, 7) is 3.39. The molecule has 4 rings (SSSR count). The molecule has 30 heavy (non-hydrogen) atoms. The zero-order valence-corrected chi connectivity index (χ0v) is 17.2. The molecule has 1 N–H and O–H groups in total. The highest BCUT2D eigenvalue weighted by Crippen LogP contribution is 2.29. The summed E-state index contributed by atoms with van der Waals surface area (Å²) in [5.74, 6) is -0.0424. The number of benzene rings is 3. The Labute approximate surface area is 178 Å². The fourth-order valence-corrected chi connectivity index (χ4v) is 3.80. The summed E-state index contributed by atoms with van der Waals surface area (Å²) in [7, 11) is 0. The minimum Gasteiger partial charge on any atom is -0.348 e. The number of aryl methyl sites for hydroxylation is 1. The smallest absolute Gasteiger partial charge is 0.253 e. The summed E-state index contributed by atoms with van der Waals surface area (Å²) in [4.78, 5) is 13.2. The van der Waals surface area contributed by atoms with Gasteiger partial charge in [0.25, 0.3) is 5.91 Å². The van der Waals surface area contributed by atoms with E-state index < -0.39 is 0 Å². The van der Waals surface area contributed by atoms with Gasteiger partial charge in [0.1, 0.15) is 0 Å². The van der Waals surface area contributed by atoms with Crippen LogP contribution in [0.5, 0.6) is 0 Å². The molecule has 0 saturated carbocycles. The van der Waals surface area contributed by atoms with Crippen molar-refractivity contribution in [3.8, 4) is 11.3 Å². The number of amides is 1. The van der Waals surface area contributed by atoms with Gasteiger partial charge in [-0.25, -0.2) is 0 Å². The third-order valence-electron chi connectivity index (χ3n) is 5.32. The van der Waals surface area contributed by atoms with E-state index in [0.717, 1.165) is 41.0 Å². The highest BCUT2D eigenvalue weighted by molar-refractivity contribution is 6.00. The fraction of sp³-hybridized carbons (Fsp3) is 0.148. The molecule has 3 aromatic carbocycles. The van der Waals surface area contributed by atoms with Gasteiger partial charge in [-0.15, -0.1) is 0 Å². The minimum atomic E-state index is -0.0424. The molecule has 4 aromatic rings. The van der Waals surface area contributed by atoms with Crippen LogP contribution in [0.1, 0.15) is 34.1 Å². The molecule has 1 aromatic heterocycles. The van der Waals surface area contributed by atoms with E-state index in [9.17, 15) is 4.79 Å². The van der Waals surface area contributed by atoms with Crippen LogP contribution in [0.2, 0.25) is 0 Å². The van der Waals surface area contributed by atoms with Gasteiger partial charge in [0.2, 0.25) is 0 Å². The van der Waals surface area contributed by atoms with E-state index >= 15 is 0 Å². The van der Waals surface area contributed by atoms with Crippen LogP contribution in [0.3, 0.4) is 0 Å². The summed E-state index contributed by atoms with van der Waals surface area (Å²) in [6.07, 6.45) is 0.860. The van der Waals surface area contributed by atoms with E-state index in [2.05, 4.69) is 53.2 Å². The number of rotatable bonds is 7. The van der Waals surface area contributed by atoms with E-state index in [1.807, 2.05) is 60.7 Å². The van der Waals surface area contributed by atoms with Gasteiger partial charge >= 0.3 is 0 Å². The van der Waals surface area contributed by atoms with Gasteiger partial charge in [-0.1, -0.05) is 97.9 Å². The topological polar surface area (TPSA) is 34.0 Å². The summed E-state index contributed by atoms with van der Waals surface area (Å²) < 4.78 is 2.28. The van der Waals surface area contributed by atoms with Gasteiger partial charge in [0.05, 0.1) is 11.3 Å². The quantitative estimate of drug-likeness (QED) is 0.429. The van der Waals surface area contributed by atoms with Crippen LogP contribution < -0.4 is 5.32 Å². The lowest BCUT2D eigenvalue weighted by molar-refractivity contribution is 0.0951. The van der Waals surface area contributed by atoms with E-state index in [1.54, 1.807) is 0 Å². The number of carbonyl (C=O) groups excluding carboxylic acids is 1. The second-order valence-corrected chi connectivity index (χ2v) is 7.36. The van der Waals surface area contributed by atoms with E-state index in [1.165, 1.54) is 5.56 Å². The average molecular weight is 395 g/mol. The van der Waals surface area contributed by atoms with Gasteiger partial charge in [-0.3, -0.25) is 4.79 Å². The maximum atomic E-state index is 13.2. The van der Waals surface area contributed by atoms with Crippen molar-refractivity contribution >= 4 is 5.91 Å². The number of aromatic nitrogens is 1.